The minimum atomic E-state index is -0.656. The maximum Gasteiger partial charge on any atom is 0.410 e. The van der Waals surface area contributed by atoms with Gasteiger partial charge in [-0.3, -0.25) is 4.90 Å². The SMILES string of the molecule is CC(C)(C)OC(=O)N1C[C@@H]2C(c3ccc(F)cc3)=NO[C@]2(N2CCCC2)C1. The van der Waals surface area contributed by atoms with E-state index in [-0.39, 0.29) is 17.8 Å². The molecule has 4 rings (SSSR count). The quantitative estimate of drug-likeness (QED) is 0.796. The second-order valence-corrected chi connectivity index (χ2v) is 8.53. The van der Waals surface area contributed by atoms with E-state index < -0.39 is 11.3 Å². The molecule has 2 saturated heterocycles. The summed E-state index contributed by atoms with van der Waals surface area (Å²) in [6.45, 7) is 8.32. The first kappa shape index (κ1) is 18.2. The largest absolute Gasteiger partial charge is 0.444 e. The molecule has 1 aromatic carbocycles. The van der Waals surface area contributed by atoms with Crippen LogP contribution in [0.25, 0.3) is 0 Å². The Morgan fingerprint density at radius 2 is 1.93 bits per heavy atom. The predicted molar refractivity (Wildman–Crippen MR) is 98.9 cm³/mol. The first-order chi connectivity index (χ1) is 12.8. The summed E-state index contributed by atoms with van der Waals surface area (Å²) in [6, 6.07) is 6.28. The zero-order valence-electron chi connectivity index (χ0n) is 16.1. The zero-order valence-corrected chi connectivity index (χ0v) is 16.1. The van der Waals surface area contributed by atoms with Crippen molar-refractivity contribution in [3.63, 3.8) is 0 Å². The van der Waals surface area contributed by atoms with Crippen LogP contribution in [0.15, 0.2) is 29.4 Å². The number of hydrogen-bond donors (Lipinski definition) is 0. The second-order valence-electron chi connectivity index (χ2n) is 8.53. The minimum absolute atomic E-state index is 0.0893. The highest BCUT2D eigenvalue weighted by Crippen LogP contribution is 2.43. The predicted octanol–water partition coefficient (Wildman–Crippen LogP) is 3.22. The van der Waals surface area contributed by atoms with Crippen molar-refractivity contribution in [1.82, 2.24) is 9.80 Å². The smallest absolute Gasteiger partial charge is 0.410 e. The van der Waals surface area contributed by atoms with Gasteiger partial charge in [0, 0.05) is 25.2 Å². The fraction of sp³-hybridized carbons (Fsp3) is 0.600. The molecule has 3 aliphatic heterocycles. The van der Waals surface area contributed by atoms with Crippen LogP contribution in [0.3, 0.4) is 0 Å². The van der Waals surface area contributed by atoms with Crippen molar-refractivity contribution in [2.24, 2.45) is 11.1 Å². The van der Waals surface area contributed by atoms with E-state index >= 15 is 0 Å². The number of nitrogens with zero attached hydrogens (tertiary/aromatic N) is 3. The lowest BCUT2D eigenvalue weighted by molar-refractivity contribution is -0.136. The molecule has 2 fully saturated rings. The van der Waals surface area contributed by atoms with Gasteiger partial charge in [0.05, 0.1) is 18.2 Å². The van der Waals surface area contributed by atoms with Crippen LogP contribution in [-0.2, 0) is 9.57 Å². The summed E-state index contributed by atoms with van der Waals surface area (Å²) in [6.07, 6.45) is 1.88. The van der Waals surface area contributed by atoms with Crippen molar-refractivity contribution in [3.05, 3.63) is 35.6 Å². The fourth-order valence-corrected chi connectivity index (χ4v) is 4.21. The van der Waals surface area contributed by atoms with Crippen LogP contribution < -0.4 is 0 Å². The highest BCUT2D eigenvalue weighted by Gasteiger charge is 2.60. The Kier molecular flexibility index (Phi) is 4.37. The van der Waals surface area contributed by atoms with Crippen LogP contribution in [0.1, 0.15) is 39.2 Å². The third kappa shape index (κ3) is 3.29. The minimum Gasteiger partial charge on any atom is -0.444 e. The molecule has 0 spiro atoms. The summed E-state index contributed by atoms with van der Waals surface area (Å²) in [5, 5.41) is 4.38. The molecule has 1 aromatic rings. The summed E-state index contributed by atoms with van der Waals surface area (Å²) < 4.78 is 18.9. The van der Waals surface area contributed by atoms with Crippen LogP contribution >= 0.6 is 0 Å². The van der Waals surface area contributed by atoms with Gasteiger partial charge in [-0.05, 0) is 45.7 Å². The molecular weight excluding hydrogens is 349 g/mol. The van der Waals surface area contributed by atoms with E-state index in [0.29, 0.717) is 13.1 Å². The van der Waals surface area contributed by atoms with Crippen LogP contribution in [0, 0.1) is 11.7 Å². The van der Waals surface area contributed by atoms with Crippen molar-refractivity contribution in [1.29, 1.82) is 0 Å². The number of likely N-dealkylation sites (tertiary alicyclic amines) is 2. The maximum atomic E-state index is 13.3. The van der Waals surface area contributed by atoms with Crippen LogP contribution in [0.2, 0.25) is 0 Å². The number of amides is 1. The van der Waals surface area contributed by atoms with Crippen molar-refractivity contribution >= 4 is 11.8 Å². The van der Waals surface area contributed by atoms with Gasteiger partial charge in [0.1, 0.15) is 11.4 Å². The molecule has 6 nitrogen and oxygen atoms in total. The van der Waals surface area contributed by atoms with Gasteiger partial charge in [-0.1, -0.05) is 17.3 Å². The average molecular weight is 375 g/mol. The summed E-state index contributed by atoms with van der Waals surface area (Å²) in [5.74, 6) is -0.376. The molecule has 0 aromatic heterocycles. The number of hydrogen-bond acceptors (Lipinski definition) is 5. The molecule has 1 amide bonds. The van der Waals surface area contributed by atoms with Gasteiger partial charge in [0.25, 0.3) is 0 Å². The van der Waals surface area contributed by atoms with Crippen LogP contribution in [0.5, 0.6) is 0 Å². The number of rotatable bonds is 2. The van der Waals surface area contributed by atoms with E-state index in [1.54, 1.807) is 17.0 Å². The first-order valence-corrected chi connectivity index (χ1v) is 9.53. The molecule has 0 radical (unpaired) electrons. The van der Waals surface area contributed by atoms with E-state index in [9.17, 15) is 9.18 Å². The van der Waals surface area contributed by atoms with Gasteiger partial charge in [0.2, 0.25) is 5.72 Å². The molecule has 27 heavy (non-hydrogen) atoms. The summed E-state index contributed by atoms with van der Waals surface area (Å²) in [5.41, 5.74) is 0.392. The van der Waals surface area contributed by atoms with Crippen molar-refractivity contribution in [2.45, 2.75) is 44.9 Å². The molecule has 2 atom stereocenters. The third-order valence-corrected chi connectivity index (χ3v) is 5.43. The Hall–Kier alpha value is -2.15. The van der Waals surface area contributed by atoms with Gasteiger partial charge < -0.3 is 14.5 Å². The molecule has 0 bridgehead atoms. The van der Waals surface area contributed by atoms with Crippen molar-refractivity contribution < 1.29 is 18.8 Å². The number of carbonyl (C=O) groups is 1. The van der Waals surface area contributed by atoms with Gasteiger partial charge >= 0.3 is 6.09 Å². The Labute approximate surface area is 158 Å². The van der Waals surface area contributed by atoms with E-state index in [1.165, 1.54) is 12.1 Å². The number of carbonyl (C=O) groups excluding carboxylic acids is 1. The molecule has 3 heterocycles. The molecule has 3 aliphatic rings. The van der Waals surface area contributed by atoms with E-state index in [1.807, 2.05) is 20.8 Å². The lowest BCUT2D eigenvalue weighted by Crippen LogP contribution is -2.54. The molecule has 0 N–H and O–H groups in total. The van der Waals surface area contributed by atoms with E-state index in [4.69, 9.17) is 9.57 Å². The number of fused-ring (bicyclic) bond motifs is 1. The molecular formula is C20H26FN3O3. The molecule has 0 saturated carbocycles. The number of ether oxygens (including phenoxy) is 1. The maximum absolute atomic E-state index is 13.3. The lowest BCUT2D eigenvalue weighted by atomic mass is 9.89. The number of oxime groups is 1. The Morgan fingerprint density at radius 3 is 2.56 bits per heavy atom. The molecule has 7 heteroatoms. The molecule has 0 aliphatic carbocycles. The number of halogens is 1. The summed E-state index contributed by atoms with van der Waals surface area (Å²) in [7, 11) is 0. The van der Waals surface area contributed by atoms with Gasteiger partial charge in [-0.15, -0.1) is 0 Å². The second kappa shape index (κ2) is 6.48. The van der Waals surface area contributed by atoms with Gasteiger partial charge in [-0.25, -0.2) is 9.18 Å². The molecule has 0 unspecified atom stereocenters. The van der Waals surface area contributed by atoms with Crippen LogP contribution in [-0.4, -0.2) is 59.1 Å². The van der Waals surface area contributed by atoms with Crippen molar-refractivity contribution in [3.8, 4) is 0 Å². The van der Waals surface area contributed by atoms with Gasteiger partial charge in [-0.2, -0.15) is 0 Å². The van der Waals surface area contributed by atoms with E-state index in [2.05, 4.69) is 10.1 Å². The topological polar surface area (TPSA) is 54.4 Å². The average Bonchev–Trinajstić information content (AvgIpc) is 3.29. The highest BCUT2D eigenvalue weighted by atomic mass is 19.1. The Balaban J connectivity index is 1.62. The zero-order chi connectivity index (χ0) is 19.2. The summed E-state index contributed by atoms with van der Waals surface area (Å²) >= 11 is 0. The van der Waals surface area contributed by atoms with Gasteiger partial charge in [0.15, 0.2) is 0 Å². The van der Waals surface area contributed by atoms with Crippen molar-refractivity contribution in [2.75, 3.05) is 26.2 Å². The normalized spacial score (nSPS) is 28.1. The lowest BCUT2D eigenvalue weighted by Gasteiger charge is -2.35. The highest BCUT2D eigenvalue weighted by molar-refractivity contribution is 6.04. The fourth-order valence-electron chi connectivity index (χ4n) is 4.21. The van der Waals surface area contributed by atoms with Crippen LogP contribution in [0.4, 0.5) is 9.18 Å². The third-order valence-electron chi connectivity index (χ3n) is 5.43. The molecule has 146 valence electrons. The standard InChI is InChI=1S/C20H26FN3O3/c1-19(2,3)26-18(25)23-12-16-17(14-6-8-15(21)9-7-14)22-27-20(16,13-23)24-10-4-5-11-24/h6-9,16H,4-5,10-13H2,1-3H3/t16-,20-/m1/s1. The number of benzene rings is 1. The monoisotopic (exact) mass is 375 g/mol. The van der Waals surface area contributed by atoms with E-state index in [0.717, 1.165) is 37.2 Å². The summed E-state index contributed by atoms with van der Waals surface area (Å²) in [4.78, 5) is 22.7. The Morgan fingerprint density at radius 1 is 1.26 bits per heavy atom. The first-order valence-electron chi connectivity index (χ1n) is 9.53. The Bertz CT molecular complexity index is 753.